The minimum atomic E-state index is -4.33. The second-order valence-electron chi connectivity index (χ2n) is 10.5. The Morgan fingerprint density at radius 2 is 1.94 bits per heavy atom. The van der Waals surface area contributed by atoms with Gasteiger partial charge in [-0.2, -0.15) is 23.1 Å². The topological polar surface area (TPSA) is 84.9 Å². The molecule has 0 radical (unpaired) electrons. The number of aryl methyl sites for hydroxylation is 2. The van der Waals surface area contributed by atoms with Crippen LogP contribution in [0.5, 0.6) is 0 Å². The lowest BCUT2D eigenvalue weighted by Crippen LogP contribution is -2.68. The molecule has 1 N–H and O–H groups in total. The van der Waals surface area contributed by atoms with E-state index in [0.29, 0.717) is 41.1 Å². The van der Waals surface area contributed by atoms with Gasteiger partial charge in [0.1, 0.15) is 5.82 Å². The van der Waals surface area contributed by atoms with Gasteiger partial charge < -0.3 is 14.7 Å². The predicted molar refractivity (Wildman–Crippen MR) is 120 cm³/mol. The first-order valence-electron chi connectivity index (χ1n) is 12.3. The number of nitrogens with one attached hydrogen (secondary N) is 1. The zero-order chi connectivity index (χ0) is 23.9. The zero-order valence-electron chi connectivity index (χ0n) is 19.3. The fourth-order valence-corrected chi connectivity index (χ4v) is 7.01. The van der Waals surface area contributed by atoms with Crippen LogP contribution in [0.2, 0.25) is 0 Å². The van der Waals surface area contributed by atoms with Gasteiger partial charge in [-0.3, -0.25) is 0 Å². The van der Waals surface area contributed by atoms with Gasteiger partial charge in [0.15, 0.2) is 5.82 Å². The Morgan fingerprint density at radius 1 is 1.11 bits per heavy atom. The van der Waals surface area contributed by atoms with Gasteiger partial charge in [-0.05, 0) is 61.6 Å². The van der Waals surface area contributed by atoms with Crippen LogP contribution in [-0.4, -0.2) is 44.0 Å². The summed E-state index contributed by atoms with van der Waals surface area (Å²) in [6.45, 7) is 4.42. The quantitative estimate of drug-likeness (QED) is 0.592. The highest BCUT2D eigenvalue weighted by atomic mass is 19.4. The van der Waals surface area contributed by atoms with Crippen molar-refractivity contribution in [2.75, 3.05) is 23.3 Å². The van der Waals surface area contributed by atoms with Crippen molar-refractivity contribution in [1.82, 2.24) is 24.9 Å². The number of fused-ring (bicyclic) bond motifs is 1. The van der Waals surface area contributed by atoms with E-state index >= 15 is 0 Å². The second kappa shape index (κ2) is 7.20. The van der Waals surface area contributed by atoms with Crippen LogP contribution in [-0.2, 0) is 12.7 Å². The lowest BCUT2D eigenvalue weighted by molar-refractivity contribution is -0.137. The van der Waals surface area contributed by atoms with Crippen molar-refractivity contribution in [2.24, 2.45) is 17.3 Å². The van der Waals surface area contributed by atoms with Gasteiger partial charge >= 0.3 is 12.2 Å². The number of nitrogens with zero attached hydrogens (tertiary/aromatic N) is 6. The molecule has 3 aromatic rings. The molecule has 184 valence electrons. The van der Waals surface area contributed by atoms with Gasteiger partial charge in [-0.25, -0.2) is 4.68 Å². The number of alkyl halides is 3. The average molecular weight is 486 g/mol. The molecule has 1 aromatic carbocycles. The van der Waals surface area contributed by atoms with Crippen LogP contribution in [0, 0.1) is 24.2 Å². The maximum Gasteiger partial charge on any atom is 0.416 e. The Kier molecular flexibility index (Phi) is 4.36. The summed E-state index contributed by atoms with van der Waals surface area (Å²) in [7, 11) is 0. The Labute approximate surface area is 199 Å². The SMILES string of the molecule is Cc1noc(N2C[C@H]3[C@H](Nc4nc5n(n4)CCCC5c4ccc(C(F)(F)F)cc4)C4CCC43C2)n1. The number of anilines is 2. The van der Waals surface area contributed by atoms with E-state index in [2.05, 4.69) is 20.4 Å². The summed E-state index contributed by atoms with van der Waals surface area (Å²) >= 11 is 0. The van der Waals surface area contributed by atoms with Crippen molar-refractivity contribution in [3.05, 3.63) is 47.0 Å². The predicted octanol–water partition coefficient (Wildman–Crippen LogP) is 4.24. The van der Waals surface area contributed by atoms with Crippen LogP contribution < -0.4 is 10.2 Å². The fraction of sp³-hybridized carbons (Fsp3) is 0.583. The van der Waals surface area contributed by atoms with Crippen molar-refractivity contribution in [1.29, 1.82) is 0 Å². The Hall–Kier alpha value is -3.11. The van der Waals surface area contributed by atoms with Crippen LogP contribution in [0.15, 0.2) is 28.8 Å². The molecule has 1 saturated heterocycles. The van der Waals surface area contributed by atoms with Crippen LogP contribution >= 0.6 is 0 Å². The van der Waals surface area contributed by atoms with Crippen LogP contribution in [0.3, 0.4) is 0 Å². The van der Waals surface area contributed by atoms with Crippen molar-refractivity contribution in [2.45, 2.75) is 57.3 Å². The van der Waals surface area contributed by atoms with E-state index < -0.39 is 11.7 Å². The van der Waals surface area contributed by atoms with Crippen molar-refractivity contribution < 1.29 is 17.7 Å². The summed E-state index contributed by atoms with van der Waals surface area (Å²) in [6, 6.07) is 6.37. The molecule has 7 rings (SSSR count). The third-order valence-corrected chi connectivity index (χ3v) is 8.77. The monoisotopic (exact) mass is 485 g/mol. The summed E-state index contributed by atoms with van der Waals surface area (Å²) in [6.07, 6.45) is -0.169. The zero-order valence-corrected chi connectivity index (χ0v) is 19.3. The minimum Gasteiger partial charge on any atom is -0.350 e. The summed E-state index contributed by atoms with van der Waals surface area (Å²) in [5, 5.41) is 12.3. The highest BCUT2D eigenvalue weighted by Crippen LogP contribution is 2.68. The summed E-state index contributed by atoms with van der Waals surface area (Å²) in [5.41, 5.74) is 0.527. The molecule has 5 atom stereocenters. The number of hydrogen-bond donors (Lipinski definition) is 1. The maximum absolute atomic E-state index is 13.0. The van der Waals surface area contributed by atoms with Crippen molar-refractivity contribution >= 4 is 12.0 Å². The van der Waals surface area contributed by atoms with Gasteiger partial charge in [-0.15, -0.1) is 5.10 Å². The highest BCUT2D eigenvalue weighted by Gasteiger charge is 2.70. The first kappa shape index (κ1) is 21.2. The molecule has 4 heterocycles. The Bertz CT molecular complexity index is 1270. The van der Waals surface area contributed by atoms with Gasteiger partial charge in [0, 0.05) is 37.5 Å². The highest BCUT2D eigenvalue weighted by molar-refractivity contribution is 5.42. The smallest absolute Gasteiger partial charge is 0.350 e. The molecule has 4 aliphatic rings. The van der Waals surface area contributed by atoms with Crippen LogP contribution in [0.4, 0.5) is 25.1 Å². The number of aromatic nitrogens is 5. The molecule has 11 heteroatoms. The standard InChI is InChI=1S/C24H26F3N7O/c1-13-28-22(35-32-13)33-11-18-19(17-8-9-23(17,18)12-33)29-21-30-20-16(3-2-10-34(20)31-21)14-4-6-15(7-5-14)24(25,26)27/h4-7,16-19H,2-3,8-12H2,1H3,(H,29,31)/t16?,17?,18-,19+,23?/m0/s1. The lowest BCUT2D eigenvalue weighted by atomic mass is 9.41. The van der Waals surface area contributed by atoms with Gasteiger partial charge in [-0.1, -0.05) is 17.3 Å². The first-order valence-corrected chi connectivity index (χ1v) is 12.3. The third-order valence-electron chi connectivity index (χ3n) is 8.77. The number of rotatable bonds is 4. The molecule has 8 nitrogen and oxygen atoms in total. The van der Waals surface area contributed by atoms with E-state index in [1.807, 2.05) is 11.6 Å². The van der Waals surface area contributed by atoms with E-state index in [1.165, 1.54) is 12.8 Å². The van der Waals surface area contributed by atoms with E-state index in [1.54, 1.807) is 12.1 Å². The number of benzene rings is 1. The maximum atomic E-state index is 13.0. The molecule has 1 spiro atoms. The Morgan fingerprint density at radius 3 is 2.63 bits per heavy atom. The van der Waals surface area contributed by atoms with E-state index in [9.17, 15) is 13.2 Å². The molecule has 0 bridgehead atoms. The molecule has 35 heavy (non-hydrogen) atoms. The van der Waals surface area contributed by atoms with Crippen molar-refractivity contribution in [3.63, 3.8) is 0 Å². The number of hydrogen-bond acceptors (Lipinski definition) is 7. The van der Waals surface area contributed by atoms with Gasteiger partial charge in [0.05, 0.1) is 5.56 Å². The molecular formula is C24H26F3N7O. The molecule has 0 amide bonds. The second-order valence-corrected chi connectivity index (χ2v) is 10.5. The summed E-state index contributed by atoms with van der Waals surface area (Å²) < 4.78 is 46.3. The van der Waals surface area contributed by atoms with E-state index in [4.69, 9.17) is 14.6 Å². The third kappa shape index (κ3) is 3.12. The van der Waals surface area contributed by atoms with Crippen molar-refractivity contribution in [3.8, 4) is 0 Å². The molecular weight excluding hydrogens is 459 g/mol. The van der Waals surface area contributed by atoms with Gasteiger partial charge in [0.2, 0.25) is 5.95 Å². The molecule has 2 saturated carbocycles. The molecule has 2 aromatic heterocycles. The summed E-state index contributed by atoms with van der Waals surface area (Å²) in [5.74, 6) is 3.09. The van der Waals surface area contributed by atoms with E-state index in [0.717, 1.165) is 56.0 Å². The minimum absolute atomic E-state index is 0.0546. The van der Waals surface area contributed by atoms with E-state index in [-0.39, 0.29) is 5.92 Å². The van der Waals surface area contributed by atoms with Crippen LogP contribution in [0.1, 0.15) is 54.4 Å². The Balaban J connectivity index is 1.10. The normalized spacial score (nSPS) is 31.3. The molecule has 3 fully saturated rings. The fourth-order valence-electron chi connectivity index (χ4n) is 7.01. The largest absolute Gasteiger partial charge is 0.416 e. The first-order chi connectivity index (χ1) is 16.8. The molecule has 3 unspecified atom stereocenters. The molecule has 2 aliphatic carbocycles. The van der Waals surface area contributed by atoms with Crippen LogP contribution in [0.25, 0.3) is 0 Å². The lowest BCUT2D eigenvalue weighted by Gasteiger charge is -2.65. The van der Waals surface area contributed by atoms with Gasteiger partial charge in [0.25, 0.3) is 0 Å². The summed E-state index contributed by atoms with van der Waals surface area (Å²) in [4.78, 5) is 11.5. The number of halogens is 3. The molecule has 2 aliphatic heterocycles. The average Bonchev–Trinajstić information content (AvgIpc) is 3.53.